The monoisotopic (exact) mass is 310 g/mol. The molecular weight excluding hydrogens is 296 g/mol. The lowest BCUT2D eigenvalue weighted by Gasteiger charge is -2.26. The Morgan fingerprint density at radius 3 is 2.90 bits per heavy atom. The molecular formula is C11H14N6O3S. The number of hydrogen-bond donors (Lipinski definition) is 1. The first-order valence-corrected chi connectivity index (χ1v) is 8.60. The fraction of sp³-hybridized carbons (Fsp3) is 0.636. The van der Waals surface area contributed by atoms with Gasteiger partial charge in [-0.15, -0.1) is 5.10 Å². The second kappa shape index (κ2) is 4.60. The lowest BCUT2D eigenvalue weighted by molar-refractivity contribution is 0.313. The van der Waals surface area contributed by atoms with Gasteiger partial charge in [-0.05, 0) is 6.42 Å². The second-order valence-electron chi connectivity index (χ2n) is 5.45. The molecule has 0 bridgehead atoms. The van der Waals surface area contributed by atoms with Crippen LogP contribution in [0.2, 0.25) is 0 Å². The van der Waals surface area contributed by atoms with E-state index in [1.807, 2.05) is 0 Å². The molecule has 1 unspecified atom stereocenters. The zero-order valence-electron chi connectivity index (χ0n) is 11.1. The smallest absolute Gasteiger partial charge is 0.280 e. The van der Waals surface area contributed by atoms with E-state index in [1.54, 1.807) is 10.9 Å². The van der Waals surface area contributed by atoms with Crippen LogP contribution in [0.1, 0.15) is 24.2 Å². The molecule has 1 atom stereocenters. The minimum absolute atomic E-state index is 0.0897. The van der Waals surface area contributed by atoms with Crippen molar-refractivity contribution in [2.45, 2.75) is 18.4 Å². The molecule has 2 aliphatic heterocycles. The molecule has 0 aromatic carbocycles. The molecule has 0 spiro atoms. The second-order valence-corrected chi connectivity index (χ2v) is 7.68. The Morgan fingerprint density at radius 2 is 2.24 bits per heavy atom. The predicted molar refractivity (Wildman–Crippen MR) is 71.2 cm³/mol. The van der Waals surface area contributed by atoms with Crippen molar-refractivity contribution < 1.29 is 12.9 Å². The van der Waals surface area contributed by atoms with Crippen LogP contribution in [0.25, 0.3) is 11.6 Å². The van der Waals surface area contributed by atoms with Crippen LogP contribution in [0.4, 0.5) is 0 Å². The number of aromatic nitrogens is 5. The number of nitrogens with one attached hydrogen (secondary N) is 1. The summed E-state index contributed by atoms with van der Waals surface area (Å²) in [5.74, 6) is 0.816. The molecule has 0 saturated carbocycles. The summed E-state index contributed by atoms with van der Waals surface area (Å²) < 4.78 is 29.9. The Morgan fingerprint density at radius 1 is 1.38 bits per heavy atom. The summed E-state index contributed by atoms with van der Waals surface area (Å²) in [6, 6.07) is 0.314. The van der Waals surface area contributed by atoms with Crippen molar-refractivity contribution in [2.24, 2.45) is 0 Å². The molecule has 4 rings (SSSR count). The maximum absolute atomic E-state index is 11.5. The lowest BCUT2D eigenvalue weighted by Crippen LogP contribution is -2.43. The van der Waals surface area contributed by atoms with Gasteiger partial charge in [0.1, 0.15) is 0 Å². The molecule has 4 heterocycles. The Kier molecular flexibility index (Phi) is 2.82. The Labute approximate surface area is 120 Å². The van der Waals surface area contributed by atoms with Gasteiger partial charge in [0.25, 0.3) is 5.89 Å². The van der Waals surface area contributed by atoms with E-state index in [0.29, 0.717) is 24.0 Å². The van der Waals surface area contributed by atoms with Gasteiger partial charge >= 0.3 is 0 Å². The summed E-state index contributed by atoms with van der Waals surface area (Å²) >= 11 is 0. The number of hydrogen-bond acceptors (Lipinski definition) is 8. The fourth-order valence-corrected chi connectivity index (χ4v) is 4.26. The van der Waals surface area contributed by atoms with Gasteiger partial charge < -0.3 is 9.84 Å². The summed E-state index contributed by atoms with van der Waals surface area (Å²) in [4.78, 5) is 4.27. The van der Waals surface area contributed by atoms with E-state index in [4.69, 9.17) is 4.52 Å². The van der Waals surface area contributed by atoms with Crippen molar-refractivity contribution in [3.63, 3.8) is 0 Å². The van der Waals surface area contributed by atoms with Crippen LogP contribution in [0.3, 0.4) is 0 Å². The zero-order chi connectivity index (χ0) is 14.4. The third-order valence-corrected chi connectivity index (χ3v) is 5.67. The first-order chi connectivity index (χ1) is 10.1. The maximum atomic E-state index is 11.5. The minimum atomic E-state index is -2.96. The van der Waals surface area contributed by atoms with Gasteiger partial charge in [-0.3, -0.25) is 0 Å². The molecule has 2 aromatic rings. The van der Waals surface area contributed by atoms with Gasteiger partial charge in [-0.25, -0.2) is 13.1 Å². The van der Waals surface area contributed by atoms with E-state index in [9.17, 15) is 8.42 Å². The average molecular weight is 310 g/mol. The van der Waals surface area contributed by atoms with Crippen LogP contribution in [0.5, 0.6) is 0 Å². The molecule has 1 N–H and O–H groups in total. The molecule has 21 heavy (non-hydrogen) atoms. The third kappa shape index (κ3) is 2.33. The number of rotatable bonds is 3. The summed E-state index contributed by atoms with van der Waals surface area (Å²) in [5, 5.41) is 15.1. The van der Waals surface area contributed by atoms with E-state index in [-0.39, 0.29) is 23.3 Å². The van der Waals surface area contributed by atoms with Crippen LogP contribution in [-0.4, -0.2) is 58.1 Å². The SMILES string of the molecule is O=S1(=O)CCC(c2noc(-c3cn(C4CNC4)nn3)n2)C1. The Bertz CT molecular complexity index is 763. The van der Waals surface area contributed by atoms with Crippen molar-refractivity contribution in [1.29, 1.82) is 0 Å². The van der Waals surface area contributed by atoms with Gasteiger partial charge in [0, 0.05) is 19.0 Å². The first-order valence-electron chi connectivity index (χ1n) is 6.78. The molecule has 2 aromatic heterocycles. The van der Waals surface area contributed by atoms with Crippen molar-refractivity contribution in [1.82, 2.24) is 30.5 Å². The highest BCUT2D eigenvalue weighted by atomic mass is 32.2. The molecule has 0 amide bonds. The molecule has 112 valence electrons. The molecule has 2 saturated heterocycles. The van der Waals surface area contributed by atoms with Crippen LogP contribution < -0.4 is 5.32 Å². The fourth-order valence-electron chi connectivity index (χ4n) is 2.52. The van der Waals surface area contributed by atoms with Crippen LogP contribution in [0, 0.1) is 0 Å². The highest BCUT2D eigenvalue weighted by Crippen LogP contribution is 2.28. The van der Waals surface area contributed by atoms with Crippen molar-refractivity contribution in [3.8, 4) is 11.6 Å². The van der Waals surface area contributed by atoms with E-state index < -0.39 is 9.84 Å². The summed E-state index contributed by atoms with van der Waals surface area (Å²) in [5.41, 5.74) is 0.515. The quantitative estimate of drug-likeness (QED) is 0.797. The molecule has 2 aliphatic rings. The first kappa shape index (κ1) is 12.9. The Hall–Kier alpha value is -1.81. The van der Waals surface area contributed by atoms with E-state index >= 15 is 0 Å². The average Bonchev–Trinajstić information content (AvgIpc) is 3.04. The summed E-state index contributed by atoms with van der Waals surface area (Å²) in [7, 11) is -2.96. The van der Waals surface area contributed by atoms with Crippen molar-refractivity contribution >= 4 is 9.84 Å². The highest BCUT2D eigenvalue weighted by Gasteiger charge is 2.32. The van der Waals surface area contributed by atoms with Crippen LogP contribution >= 0.6 is 0 Å². The minimum Gasteiger partial charge on any atom is -0.332 e. The summed E-state index contributed by atoms with van der Waals surface area (Å²) in [6.45, 7) is 1.75. The van der Waals surface area contributed by atoms with Crippen molar-refractivity contribution in [2.75, 3.05) is 24.6 Å². The van der Waals surface area contributed by atoms with E-state index in [1.165, 1.54) is 0 Å². The summed E-state index contributed by atoms with van der Waals surface area (Å²) in [6.07, 6.45) is 2.32. The van der Waals surface area contributed by atoms with Gasteiger partial charge in [-0.2, -0.15) is 4.98 Å². The molecule has 0 radical (unpaired) electrons. The normalized spacial score (nSPS) is 25.0. The molecule has 10 heteroatoms. The molecule has 9 nitrogen and oxygen atoms in total. The number of nitrogens with zero attached hydrogens (tertiary/aromatic N) is 5. The van der Waals surface area contributed by atoms with Gasteiger partial charge in [-0.1, -0.05) is 10.4 Å². The van der Waals surface area contributed by atoms with Gasteiger partial charge in [0.2, 0.25) is 0 Å². The van der Waals surface area contributed by atoms with Crippen molar-refractivity contribution in [3.05, 3.63) is 12.0 Å². The van der Waals surface area contributed by atoms with E-state index in [2.05, 4.69) is 25.8 Å². The van der Waals surface area contributed by atoms with Crippen LogP contribution in [0.15, 0.2) is 10.7 Å². The number of sulfone groups is 1. The maximum Gasteiger partial charge on any atom is 0.280 e. The lowest BCUT2D eigenvalue weighted by atomic mass is 10.1. The predicted octanol–water partition coefficient (Wildman–Crippen LogP) is -0.626. The topological polar surface area (TPSA) is 116 Å². The zero-order valence-corrected chi connectivity index (χ0v) is 12.0. The van der Waals surface area contributed by atoms with Crippen LogP contribution in [-0.2, 0) is 9.84 Å². The third-order valence-electron chi connectivity index (χ3n) is 3.90. The van der Waals surface area contributed by atoms with Gasteiger partial charge in [0.05, 0.1) is 23.7 Å². The molecule has 0 aliphatic carbocycles. The largest absolute Gasteiger partial charge is 0.332 e. The standard InChI is InChI=1S/C11H14N6O3S/c18-21(19)2-1-7(6-21)10-13-11(20-15-10)9-5-17(16-14-9)8-3-12-4-8/h5,7-8,12H,1-4,6H2. The van der Waals surface area contributed by atoms with E-state index in [0.717, 1.165) is 13.1 Å². The van der Waals surface area contributed by atoms with Gasteiger partial charge in [0.15, 0.2) is 21.4 Å². The highest BCUT2D eigenvalue weighted by molar-refractivity contribution is 7.91. The Balaban J connectivity index is 1.55. The molecule has 2 fully saturated rings.